The summed E-state index contributed by atoms with van der Waals surface area (Å²) in [5.74, 6) is 0.727. The largest absolute Gasteiger partial charge is 0.479 e. The van der Waals surface area contributed by atoms with Crippen molar-refractivity contribution >= 4 is 21.8 Å². The van der Waals surface area contributed by atoms with Crippen LogP contribution in [0.2, 0.25) is 0 Å². The quantitative estimate of drug-likeness (QED) is 0.873. The molecule has 1 amide bonds. The Morgan fingerprint density at radius 3 is 2.86 bits per heavy atom. The molecular weight excluding hydrogens is 336 g/mol. The maximum atomic E-state index is 12.4. The monoisotopic (exact) mass is 356 g/mol. The summed E-state index contributed by atoms with van der Waals surface area (Å²) in [7, 11) is 1.88. The summed E-state index contributed by atoms with van der Waals surface area (Å²) in [5, 5.41) is 3.10. The summed E-state index contributed by atoms with van der Waals surface area (Å²) in [6, 6.07) is 5.86. The van der Waals surface area contributed by atoms with E-state index in [4.69, 9.17) is 9.47 Å². The van der Waals surface area contributed by atoms with Gasteiger partial charge in [0.25, 0.3) is 5.91 Å². The first kappa shape index (κ1) is 16.3. The van der Waals surface area contributed by atoms with Gasteiger partial charge in [-0.2, -0.15) is 0 Å². The summed E-state index contributed by atoms with van der Waals surface area (Å²) in [4.78, 5) is 14.2. The molecule has 0 aromatic heterocycles. The SMILES string of the molecule is CNCc1cccc(Br)c1OC(C)C(=O)N1CCOCC1. The smallest absolute Gasteiger partial charge is 0.263 e. The minimum absolute atomic E-state index is 0.00413. The number of benzene rings is 1. The standard InChI is InChI=1S/C15H21BrN2O3/c1-11(15(19)18-6-8-20-9-7-18)21-14-12(10-17-2)4-3-5-13(14)16/h3-5,11,17H,6-10H2,1-2H3. The Kier molecular flexibility index (Phi) is 6.02. The van der Waals surface area contributed by atoms with Gasteiger partial charge in [-0.05, 0) is 36.0 Å². The Balaban J connectivity index is 2.07. The van der Waals surface area contributed by atoms with Crippen LogP contribution in [0.4, 0.5) is 0 Å². The first-order valence-corrected chi connectivity index (χ1v) is 7.88. The Morgan fingerprint density at radius 1 is 1.48 bits per heavy atom. The van der Waals surface area contributed by atoms with Crippen molar-refractivity contribution in [1.82, 2.24) is 10.2 Å². The van der Waals surface area contributed by atoms with Gasteiger partial charge < -0.3 is 19.7 Å². The molecule has 2 rings (SSSR count). The molecular formula is C15H21BrN2O3. The zero-order valence-corrected chi connectivity index (χ0v) is 14.0. The summed E-state index contributed by atoms with van der Waals surface area (Å²) >= 11 is 3.49. The summed E-state index contributed by atoms with van der Waals surface area (Å²) in [6.45, 7) is 4.93. The van der Waals surface area contributed by atoms with Crippen LogP contribution in [0.5, 0.6) is 5.75 Å². The van der Waals surface area contributed by atoms with E-state index in [0.29, 0.717) is 32.8 Å². The van der Waals surface area contributed by atoms with Crippen molar-refractivity contribution < 1.29 is 14.3 Å². The average molecular weight is 357 g/mol. The first-order valence-electron chi connectivity index (χ1n) is 7.08. The number of nitrogens with zero attached hydrogens (tertiary/aromatic N) is 1. The predicted octanol–water partition coefficient (Wildman–Crippen LogP) is 1.79. The lowest BCUT2D eigenvalue weighted by Gasteiger charge is -2.29. The molecule has 5 nitrogen and oxygen atoms in total. The second-order valence-corrected chi connectivity index (χ2v) is 5.81. The maximum absolute atomic E-state index is 12.4. The Bertz CT molecular complexity index is 490. The molecule has 1 aromatic rings. The molecule has 0 aliphatic carbocycles. The summed E-state index contributed by atoms with van der Waals surface area (Å²) < 4.78 is 12.1. The van der Waals surface area contributed by atoms with Crippen LogP contribution in [0, 0.1) is 0 Å². The normalized spacial score (nSPS) is 16.6. The first-order chi connectivity index (χ1) is 10.1. The molecule has 21 heavy (non-hydrogen) atoms. The van der Waals surface area contributed by atoms with Gasteiger partial charge in [-0.1, -0.05) is 12.1 Å². The van der Waals surface area contributed by atoms with E-state index in [9.17, 15) is 4.79 Å². The molecule has 1 aromatic carbocycles. The second kappa shape index (κ2) is 7.77. The van der Waals surface area contributed by atoms with Crippen LogP contribution >= 0.6 is 15.9 Å². The topological polar surface area (TPSA) is 50.8 Å². The van der Waals surface area contributed by atoms with Crippen molar-refractivity contribution in [3.63, 3.8) is 0 Å². The third-order valence-corrected chi connectivity index (χ3v) is 4.01. The number of morpholine rings is 1. The van der Waals surface area contributed by atoms with Crippen molar-refractivity contribution in [3.8, 4) is 5.75 Å². The zero-order valence-electron chi connectivity index (χ0n) is 12.4. The van der Waals surface area contributed by atoms with E-state index in [-0.39, 0.29) is 5.91 Å². The van der Waals surface area contributed by atoms with Crippen molar-refractivity contribution in [1.29, 1.82) is 0 Å². The highest BCUT2D eigenvalue weighted by atomic mass is 79.9. The van der Waals surface area contributed by atoms with Crippen molar-refractivity contribution in [2.45, 2.75) is 19.6 Å². The Hall–Kier alpha value is -1.11. The van der Waals surface area contributed by atoms with Gasteiger partial charge in [-0.15, -0.1) is 0 Å². The molecule has 6 heteroatoms. The number of hydrogen-bond acceptors (Lipinski definition) is 4. The zero-order chi connectivity index (χ0) is 15.2. The molecule has 1 aliphatic heterocycles. The van der Waals surface area contributed by atoms with Crippen LogP contribution in [-0.4, -0.2) is 50.3 Å². The molecule has 1 unspecified atom stereocenters. The number of para-hydroxylation sites is 1. The van der Waals surface area contributed by atoms with E-state index in [0.717, 1.165) is 15.8 Å². The van der Waals surface area contributed by atoms with E-state index in [2.05, 4.69) is 21.2 Å². The van der Waals surface area contributed by atoms with Crippen molar-refractivity contribution in [3.05, 3.63) is 28.2 Å². The number of nitrogens with one attached hydrogen (secondary N) is 1. The molecule has 0 radical (unpaired) electrons. The number of ether oxygens (including phenoxy) is 2. The van der Waals surface area contributed by atoms with E-state index >= 15 is 0 Å². The van der Waals surface area contributed by atoms with E-state index < -0.39 is 6.10 Å². The maximum Gasteiger partial charge on any atom is 0.263 e. The molecule has 0 bridgehead atoms. The van der Waals surface area contributed by atoms with E-state index in [1.165, 1.54) is 0 Å². The van der Waals surface area contributed by atoms with Gasteiger partial charge in [0.1, 0.15) is 5.75 Å². The molecule has 0 spiro atoms. The van der Waals surface area contributed by atoms with Gasteiger partial charge in [0.2, 0.25) is 0 Å². The van der Waals surface area contributed by atoms with Crippen LogP contribution in [0.1, 0.15) is 12.5 Å². The second-order valence-electron chi connectivity index (χ2n) is 4.96. The van der Waals surface area contributed by atoms with Crippen LogP contribution in [0.3, 0.4) is 0 Å². The van der Waals surface area contributed by atoms with Crippen molar-refractivity contribution in [2.75, 3.05) is 33.4 Å². The Labute approximate surface area is 133 Å². The van der Waals surface area contributed by atoms with Crippen LogP contribution < -0.4 is 10.1 Å². The molecule has 0 saturated carbocycles. The number of carbonyl (C=O) groups is 1. The van der Waals surface area contributed by atoms with Gasteiger partial charge in [-0.3, -0.25) is 4.79 Å². The van der Waals surface area contributed by atoms with Crippen molar-refractivity contribution in [2.24, 2.45) is 0 Å². The number of rotatable bonds is 5. The Morgan fingerprint density at radius 2 is 2.19 bits per heavy atom. The minimum Gasteiger partial charge on any atom is -0.479 e. The lowest BCUT2D eigenvalue weighted by Crippen LogP contribution is -2.46. The molecule has 1 atom stereocenters. The third-order valence-electron chi connectivity index (χ3n) is 3.38. The van der Waals surface area contributed by atoms with E-state index in [1.54, 1.807) is 11.8 Å². The lowest BCUT2D eigenvalue weighted by molar-refractivity contribution is -0.142. The van der Waals surface area contributed by atoms with Gasteiger partial charge in [0.05, 0.1) is 17.7 Å². The van der Waals surface area contributed by atoms with E-state index in [1.807, 2.05) is 25.2 Å². The van der Waals surface area contributed by atoms with Crippen LogP contribution in [-0.2, 0) is 16.1 Å². The fraction of sp³-hybridized carbons (Fsp3) is 0.533. The van der Waals surface area contributed by atoms with Gasteiger partial charge in [-0.25, -0.2) is 0 Å². The average Bonchev–Trinajstić information content (AvgIpc) is 2.51. The highest BCUT2D eigenvalue weighted by molar-refractivity contribution is 9.10. The molecule has 1 heterocycles. The number of carbonyl (C=O) groups excluding carboxylic acids is 1. The lowest BCUT2D eigenvalue weighted by atomic mass is 10.2. The highest BCUT2D eigenvalue weighted by Crippen LogP contribution is 2.30. The molecule has 1 saturated heterocycles. The minimum atomic E-state index is -0.516. The number of halogens is 1. The summed E-state index contributed by atoms with van der Waals surface area (Å²) in [5.41, 5.74) is 1.02. The van der Waals surface area contributed by atoms with Gasteiger partial charge >= 0.3 is 0 Å². The molecule has 1 N–H and O–H groups in total. The fourth-order valence-electron chi connectivity index (χ4n) is 2.28. The molecule has 116 valence electrons. The van der Waals surface area contributed by atoms with Crippen LogP contribution in [0.25, 0.3) is 0 Å². The highest BCUT2D eigenvalue weighted by Gasteiger charge is 2.25. The third kappa shape index (κ3) is 4.18. The van der Waals surface area contributed by atoms with Gasteiger partial charge in [0.15, 0.2) is 6.10 Å². The fourth-order valence-corrected chi connectivity index (χ4v) is 2.78. The molecule has 1 aliphatic rings. The van der Waals surface area contributed by atoms with Gasteiger partial charge in [0, 0.05) is 25.2 Å². The number of amides is 1. The van der Waals surface area contributed by atoms with Crippen LogP contribution in [0.15, 0.2) is 22.7 Å². The molecule has 1 fully saturated rings. The number of hydrogen-bond donors (Lipinski definition) is 1. The summed E-state index contributed by atoms with van der Waals surface area (Å²) in [6.07, 6.45) is -0.516. The predicted molar refractivity (Wildman–Crippen MR) is 84.4 cm³/mol.